The van der Waals surface area contributed by atoms with E-state index in [1.165, 1.54) is 0 Å². The maximum Gasteiger partial charge on any atom is 0.326 e. The second kappa shape index (κ2) is 15.4. The monoisotopic (exact) mass is 476 g/mol. The van der Waals surface area contributed by atoms with Gasteiger partial charge in [-0.25, -0.2) is 4.79 Å². The molecule has 0 bridgehead atoms. The van der Waals surface area contributed by atoms with Gasteiger partial charge < -0.3 is 38.3 Å². The van der Waals surface area contributed by atoms with Gasteiger partial charge in [0.1, 0.15) is 18.1 Å². The van der Waals surface area contributed by atoms with Gasteiger partial charge in [0.25, 0.3) is 0 Å². The first kappa shape index (κ1) is 29.6. The normalized spacial score (nSPS) is 15.5. The Balaban J connectivity index is 5.27. The predicted molar refractivity (Wildman–Crippen MR) is 121 cm³/mol. The summed E-state index contributed by atoms with van der Waals surface area (Å²) in [5.41, 5.74) is 16.0. The molecule has 0 aliphatic heterocycles. The van der Waals surface area contributed by atoms with Gasteiger partial charge in [-0.1, -0.05) is 20.3 Å². The van der Waals surface area contributed by atoms with Crippen LogP contribution in [-0.4, -0.2) is 71.2 Å². The lowest BCUT2D eigenvalue weighted by molar-refractivity contribution is -0.142. The molecule has 0 heterocycles. The molecule has 0 aromatic rings. The van der Waals surface area contributed by atoms with Crippen LogP contribution in [0.4, 0.5) is 0 Å². The van der Waals surface area contributed by atoms with E-state index in [1.54, 1.807) is 6.92 Å². The van der Waals surface area contributed by atoms with Crippen LogP contribution in [0.15, 0.2) is 0 Å². The van der Waals surface area contributed by atoms with Crippen LogP contribution in [0.3, 0.4) is 0 Å². The molecule has 0 saturated carbocycles. The van der Waals surface area contributed by atoms with Crippen molar-refractivity contribution in [2.75, 3.05) is 12.3 Å². The smallest absolute Gasteiger partial charge is 0.326 e. The lowest BCUT2D eigenvalue weighted by Crippen LogP contribution is -2.59. The number of nitrogens with two attached hydrogens (primary N) is 3. The van der Waals surface area contributed by atoms with Crippen LogP contribution >= 0.6 is 12.6 Å². The van der Waals surface area contributed by atoms with Crippen LogP contribution in [-0.2, 0) is 24.0 Å². The third-order valence-corrected chi connectivity index (χ3v) is 5.29. The van der Waals surface area contributed by atoms with Gasteiger partial charge in [0.15, 0.2) is 0 Å². The fourth-order valence-corrected chi connectivity index (χ4v) is 3.01. The average molecular weight is 477 g/mol. The summed E-state index contributed by atoms with van der Waals surface area (Å²) in [5.74, 6) is -4.51. The Kier molecular flexibility index (Phi) is 14.3. The summed E-state index contributed by atoms with van der Waals surface area (Å²) < 4.78 is 0. The minimum absolute atomic E-state index is 0.105. The van der Waals surface area contributed by atoms with E-state index in [1.807, 2.05) is 6.92 Å². The zero-order valence-electron chi connectivity index (χ0n) is 18.5. The zero-order chi connectivity index (χ0) is 24.8. The molecular formula is C19H36N6O6S. The van der Waals surface area contributed by atoms with Crippen molar-refractivity contribution in [2.45, 2.75) is 70.1 Å². The van der Waals surface area contributed by atoms with E-state index < -0.39 is 60.2 Å². The Morgan fingerprint density at radius 3 is 2.03 bits per heavy atom. The fraction of sp³-hybridized carbons (Fsp3) is 0.737. The van der Waals surface area contributed by atoms with Crippen LogP contribution in [0, 0.1) is 5.92 Å². The van der Waals surface area contributed by atoms with E-state index in [4.69, 9.17) is 17.2 Å². The van der Waals surface area contributed by atoms with Crippen molar-refractivity contribution in [3.63, 3.8) is 0 Å². The van der Waals surface area contributed by atoms with Crippen LogP contribution in [0.25, 0.3) is 0 Å². The molecule has 4 amide bonds. The molecule has 0 aromatic heterocycles. The summed E-state index contributed by atoms with van der Waals surface area (Å²) in [6, 6.07) is -4.53. The van der Waals surface area contributed by atoms with Gasteiger partial charge in [-0.05, 0) is 31.7 Å². The number of carboxylic acid groups (broad SMARTS) is 1. The highest BCUT2D eigenvalue weighted by Crippen LogP contribution is 2.10. The van der Waals surface area contributed by atoms with E-state index in [0.717, 1.165) is 0 Å². The summed E-state index contributed by atoms with van der Waals surface area (Å²) in [4.78, 5) is 60.0. The molecule has 0 radical (unpaired) electrons. The zero-order valence-corrected chi connectivity index (χ0v) is 19.4. The third kappa shape index (κ3) is 10.8. The number of thiol groups is 1. The SMILES string of the molecule is CCC(C)C(NC(=O)C(CS)NC(=O)C(N)CC(N)=O)C(=O)NC(CCCCN)C(=O)O. The van der Waals surface area contributed by atoms with Crippen molar-refractivity contribution < 1.29 is 29.1 Å². The van der Waals surface area contributed by atoms with Crippen molar-refractivity contribution in [3.8, 4) is 0 Å². The lowest BCUT2D eigenvalue weighted by atomic mass is 9.97. The second-order valence-electron chi connectivity index (χ2n) is 7.58. The molecular weight excluding hydrogens is 440 g/mol. The van der Waals surface area contributed by atoms with Gasteiger partial charge in [-0.3, -0.25) is 19.2 Å². The highest BCUT2D eigenvalue weighted by Gasteiger charge is 2.32. The minimum atomic E-state index is -1.24. The highest BCUT2D eigenvalue weighted by molar-refractivity contribution is 7.80. The van der Waals surface area contributed by atoms with Crippen LogP contribution < -0.4 is 33.2 Å². The molecule has 32 heavy (non-hydrogen) atoms. The number of primary amides is 1. The predicted octanol–water partition coefficient (Wildman–Crippen LogP) is -2.17. The summed E-state index contributed by atoms with van der Waals surface area (Å²) in [6.45, 7) is 3.95. The molecule has 12 nitrogen and oxygen atoms in total. The van der Waals surface area contributed by atoms with E-state index in [2.05, 4.69) is 28.6 Å². The Hall–Kier alpha value is -2.38. The summed E-state index contributed by atoms with van der Waals surface area (Å²) in [5, 5.41) is 16.8. The molecule has 0 aliphatic carbocycles. The van der Waals surface area contributed by atoms with E-state index in [-0.39, 0.29) is 18.1 Å². The van der Waals surface area contributed by atoms with Crippen LogP contribution in [0.1, 0.15) is 46.0 Å². The number of carbonyl (C=O) groups excluding carboxylic acids is 4. The van der Waals surface area contributed by atoms with Crippen molar-refractivity contribution in [1.29, 1.82) is 0 Å². The molecule has 5 atom stereocenters. The Labute approximate surface area is 193 Å². The van der Waals surface area contributed by atoms with Crippen molar-refractivity contribution in [1.82, 2.24) is 16.0 Å². The van der Waals surface area contributed by atoms with Gasteiger partial charge in [0.05, 0.1) is 12.5 Å². The summed E-state index contributed by atoms with van der Waals surface area (Å²) in [6.07, 6.45) is 1.46. The molecule has 0 spiro atoms. The summed E-state index contributed by atoms with van der Waals surface area (Å²) >= 11 is 4.05. The molecule has 0 rings (SSSR count). The molecule has 0 fully saturated rings. The first-order valence-corrected chi connectivity index (χ1v) is 11.1. The van der Waals surface area contributed by atoms with Crippen molar-refractivity contribution >= 4 is 42.2 Å². The van der Waals surface area contributed by atoms with Gasteiger partial charge in [0, 0.05) is 5.75 Å². The average Bonchev–Trinajstić information content (AvgIpc) is 2.73. The van der Waals surface area contributed by atoms with E-state index in [9.17, 15) is 29.1 Å². The standard InChI is InChI=1S/C19H36N6O6S/c1-3-10(2)15(18(29)23-12(19(30)31)6-4-5-7-20)25-17(28)13(9-32)24-16(27)11(21)8-14(22)26/h10-13,15,32H,3-9,20-21H2,1-2H3,(H2,22,26)(H,23,29)(H,24,27)(H,25,28)(H,30,31). The maximum absolute atomic E-state index is 12.8. The number of nitrogens with one attached hydrogen (secondary N) is 3. The number of hydrogen-bond acceptors (Lipinski definition) is 8. The van der Waals surface area contributed by atoms with Gasteiger partial charge in [-0.2, -0.15) is 12.6 Å². The Morgan fingerprint density at radius 2 is 1.56 bits per heavy atom. The van der Waals surface area contributed by atoms with Gasteiger partial charge in [0.2, 0.25) is 23.6 Å². The van der Waals surface area contributed by atoms with Gasteiger partial charge in [-0.15, -0.1) is 0 Å². The molecule has 13 heteroatoms. The topological polar surface area (TPSA) is 220 Å². The molecule has 0 aliphatic rings. The van der Waals surface area contributed by atoms with Gasteiger partial charge >= 0.3 is 5.97 Å². The van der Waals surface area contributed by atoms with Crippen LogP contribution in [0.2, 0.25) is 0 Å². The number of carboxylic acids is 1. The first-order valence-electron chi connectivity index (χ1n) is 10.5. The number of carbonyl (C=O) groups is 5. The molecule has 5 unspecified atom stereocenters. The molecule has 10 N–H and O–H groups in total. The van der Waals surface area contributed by atoms with E-state index >= 15 is 0 Å². The third-order valence-electron chi connectivity index (χ3n) is 4.93. The van der Waals surface area contributed by atoms with Crippen molar-refractivity contribution in [2.24, 2.45) is 23.1 Å². The lowest BCUT2D eigenvalue weighted by Gasteiger charge is -2.27. The quantitative estimate of drug-likeness (QED) is 0.0902. The Bertz CT molecular complexity index is 664. The molecule has 0 saturated heterocycles. The number of amides is 4. The number of unbranched alkanes of at least 4 members (excludes halogenated alkanes) is 1. The van der Waals surface area contributed by atoms with Crippen molar-refractivity contribution in [3.05, 3.63) is 0 Å². The van der Waals surface area contributed by atoms with Crippen LogP contribution in [0.5, 0.6) is 0 Å². The first-order chi connectivity index (χ1) is 15.0. The molecule has 0 aromatic carbocycles. The largest absolute Gasteiger partial charge is 0.480 e. The molecule has 184 valence electrons. The summed E-state index contributed by atoms with van der Waals surface area (Å²) in [7, 11) is 0. The highest BCUT2D eigenvalue weighted by atomic mass is 32.1. The number of hydrogen-bond donors (Lipinski definition) is 8. The number of rotatable bonds is 16. The second-order valence-corrected chi connectivity index (χ2v) is 7.94. The Morgan fingerprint density at radius 1 is 0.969 bits per heavy atom. The fourth-order valence-electron chi connectivity index (χ4n) is 2.75. The maximum atomic E-state index is 12.8. The minimum Gasteiger partial charge on any atom is -0.480 e. The van der Waals surface area contributed by atoms with E-state index in [0.29, 0.717) is 25.8 Å². The number of aliphatic carboxylic acids is 1.